The van der Waals surface area contributed by atoms with E-state index in [9.17, 15) is 14.6 Å². The van der Waals surface area contributed by atoms with Crippen molar-refractivity contribution in [1.82, 2.24) is 10.2 Å². The Hall–Kier alpha value is -2.34. The van der Waals surface area contributed by atoms with Crippen LogP contribution in [0.3, 0.4) is 0 Å². The van der Waals surface area contributed by atoms with E-state index in [1.54, 1.807) is 17.9 Å². The number of nitrogens with zero attached hydrogens (tertiary/aromatic N) is 1. The molecule has 10 nitrogen and oxygen atoms in total. The average Bonchev–Trinajstić information content (AvgIpc) is 2.68. The van der Waals surface area contributed by atoms with Gasteiger partial charge in [0.05, 0.1) is 31.9 Å². The van der Waals surface area contributed by atoms with Crippen LogP contribution in [0.2, 0.25) is 6.32 Å². The van der Waals surface area contributed by atoms with Crippen LogP contribution in [0.4, 0.5) is 0 Å². The molecule has 2 aliphatic heterocycles. The van der Waals surface area contributed by atoms with Gasteiger partial charge in [-0.15, -0.1) is 0 Å². The SMILES string of the molecule is C[C@@H](NC(=O)CCO)C(=O)N1CC(Oc2ccc3c(c2COCO)OB(O)CC3)C1. The summed E-state index contributed by atoms with van der Waals surface area (Å²) in [4.78, 5) is 25.5. The van der Waals surface area contributed by atoms with E-state index in [1.165, 1.54) is 0 Å². The van der Waals surface area contributed by atoms with Crippen LogP contribution in [-0.2, 0) is 27.4 Å². The number of hydrogen-bond donors (Lipinski definition) is 4. The monoisotopic (exact) mass is 422 g/mol. The maximum absolute atomic E-state index is 12.4. The Morgan fingerprint density at radius 1 is 1.37 bits per heavy atom. The number of carbonyl (C=O) groups is 2. The third-order valence-electron chi connectivity index (χ3n) is 5.09. The van der Waals surface area contributed by atoms with Gasteiger partial charge in [-0.05, 0) is 31.3 Å². The van der Waals surface area contributed by atoms with Gasteiger partial charge in [0.2, 0.25) is 11.8 Å². The zero-order chi connectivity index (χ0) is 21.7. The van der Waals surface area contributed by atoms with Crippen molar-refractivity contribution >= 4 is 18.9 Å². The molecule has 0 aromatic heterocycles. The van der Waals surface area contributed by atoms with Crippen LogP contribution in [0.1, 0.15) is 24.5 Å². The van der Waals surface area contributed by atoms with Crippen LogP contribution in [0, 0.1) is 0 Å². The molecule has 4 N–H and O–H groups in total. The lowest BCUT2D eigenvalue weighted by Gasteiger charge is -2.40. The van der Waals surface area contributed by atoms with Gasteiger partial charge in [-0.25, -0.2) is 0 Å². The number of benzene rings is 1. The molecule has 2 heterocycles. The van der Waals surface area contributed by atoms with Crippen molar-refractivity contribution in [2.45, 2.75) is 44.8 Å². The van der Waals surface area contributed by atoms with Gasteiger partial charge in [-0.1, -0.05) is 6.07 Å². The molecule has 2 aliphatic rings. The van der Waals surface area contributed by atoms with Crippen molar-refractivity contribution in [2.24, 2.45) is 0 Å². The number of aryl methyl sites for hydroxylation is 1. The van der Waals surface area contributed by atoms with Gasteiger partial charge in [0, 0.05) is 6.42 Å². The summed E-state index contributed by atoms with van der Waals surface area (Å²) in [6, 6.07) is 2.99. The molecule has 0 aliphatic carbocycles. The molecule has 1 saturated heterocycles. The molecule has 30 heavy (non-hydrogen) atoms. The second kappa shape index (κ2) is 10.1. The number of carbonyl (C=O) groups excluding carboxylic acids is 2. The molecule has 1 atom stereocenters. The van der Waals surface area contributed by atoms with Gasteiger partial charge in [0.1, 0.15) is 30.4 Å². The van der Waals surface area contributed by atoms with Crippen LogP contribution in [0.5, 0.6) is 11.5 Å². The largest absolute Gasteiger partial charge is 0.536 e. The van der Waals surface area contributed by atoms with Gasteiger partial charge in [0.25, 0.3) is 0 Å². The van der Waals surface area contributed by atoms with Crippen molar-refractivity contribution < 1.29 is 39.0 Å². The normalized spacial score (nSPS) is 16.9. The number of nitrogens with one attached hydrogen (secondary N) is 1. The molecule has 0 spiro atoms. The molecule has 11 heteroatoms. The summed E-state index contributed by atoms with van der Waals surface area (Å²) >= 11 is 0. The van der Waals surface area contributed by atoms with E-state index in [0.29, 0.717) is 42.9 Å². The van der Waals surface area contributed by atoms with Crippen LogP contribution < -0.4 is 14.7 Å². The highest BCUT2D eigenvalue weighted by Gasteiger charge is 2.36. The Labute approximate surface area is 174 Å². The number of amides is 2. The molecule has 0 unspecified atom stereocenters. The summed E-state index contributed by atoms with van der Waals surface area (Å²) in [5.74, 6) is 0.420. The summed E-state index contributed by atoms with van der Waals surface area (Å²) < 4.78 is 16.7. The average molecular weight is 422 g/mol. The minimum atomic E-state index is -0.903. The van der Waals surface area contributed by atoms with E-state index >= 15 is 0 Å². The minimum Gasteiger partial charge on any atom is -0.536 e. The summed E-state index contributed by atoms with van der Waals surface area (Å²) in [6.07, 6.45) is 0.875. The fourth-order valence-corrected chi connectivity index (χ4v) is 3.49. The number of aliphatic hydroxyl groups is 2. The zero-order valence-electron chi connectivity index (χ0n) is 16.9. The molecule has 0 radical (unpaired) electrons. The standard InChI is InChI=1S/C19H27BN2O8/c1-12(21-17(25)5-7-23)19(26)22-8-14(9-22)29-16-3-2-13-4-6-20(27)30-18(13)15(16)10-28-11-24/h2-3,12,14,23-24,27H,4-11H2,1H3,(H,21,25)/t12-/m1/s1. The van der Waals surface area contributed by atoms with E-state index in [0.717, 1.165) is 5.56 Å². The van der Waals surface area contributed by atoms with E-state index in [1.807, 2.05) is 6.07 Å². The number of hydrogen-bond acceptors (Lipinski definition) is 8. The van der Waals surface area contributed by atoms with E-state index in [4.69, 9.17) is 24.3 Å². The van der Waals surface area contributed by atoms with Crippen molar-refractivity contribution in [3.8, 4) is 11.5 Å². The summed E-state index contributed by atoms with van der Waals surface area (Å²) in [5, 5.41) is 30.2. The van der Waals surface area contributed by atoms with E-state index in [2.05, 4.69) is 5.32 Å². The summed E-state index contributed by atoms with van der Waals surface area (Å²) in [7, 11) is -0.903. The Kier molecular flexibility index (Phi) is 7.54. The van der Waals surface area contributed by atoms with Crippen LogP contribution in [-0.4, -0.2) is 77.7 Å². The Morgan fingerprint density at radius 2 is 2.13 bits per heavy atom. The minimum absolute atomic E-state index is 0.0445. The summed E-state index contributed by atoms with van der Waals surface area (Å²) in [6.45, 7) is 1.65. The molecular weight excluding hydrogens is 395 g/mol. The number of aliphatic hydroxyl groups excluding tert-OH is 2. The first-order valence-electron chi connectivity index (χ1n) is 9.96. The Bertz CT molecular complexity index is 771. The molecule has 1 fully saturated rings. The fourth-order valence-electron chi connectivity index (χ4n) is 3.49. The fraction of sp³-hybridized carbons (Fsp3) is 0.579. The molecule has 2 amide bonds. The van der Waals surface area contributed by atoms with E-state index < -0.39 is 20.0 Å². The second-order valence-electron chi connectivity index (χ2n) is 7.37. The quantitative estimate of drug-likeness (QED) is 0.295. The lowest BCUT2D eigenvalue weighted by atomic mass is 9.78. The van der Waals surface area contributed by atoms with Gasteiger partial charge >= 0.3 is 7.12 Å². The van der Waals surface area contributed by atoms with Crippen molar-refractivity contribution in [1.29, 1.82) is 0 Å². The second-order valence-corrected chi connectivity index (χ2v) is 7.37. The van der Waals surface area contributed by atoms with Crippen molar-refractivity contribution in [3.05, 3.63) is 23.3 Å². The highest BCUT2D eigenvalue weighted by Crippen LogP contribution is 2.37. The molecule has 3 rings (SSSR count). The molecule has 0 bridgehead atoms. The van der Waals surface area contributed by atoms with Gasteiger partial charge in [0.15, 0.2) is 0 Å². The predicted octanol–water partition coefficient (Wildman–Crippen LogP) is -0.955. The molecular formula is C19H27BN2O8. The third kappa shape index (κ3) is 5.22. The van der Waals surface area contributed by atoms with Crippen molar-refractivity contribution in [3.63, 3.8) is 0 Å². The predicted molar refractivity (Wildman–Crippen MR) is 106 cm³/mol. The maximum Gasteiger partial charge on any atom is 0.522 e. The number of ether oxygens (including phenoxy) is 2. The first-order valence-corrected chi connectivity index (χ1v) is 9.96. The highest BCUT2D eigenvalue weighted by atomic mass is 16.6. The Balaban J connectivity index is 1.60. The molecule has 164 valence electrons. The molecule has 0 saturated carbocycles. The smallest absolute Gasteiger partial charge is 0.522 e. The number of rotatable bonds is 9. The van der Waals surface area contributed by atoms with Gasteiger partial charge < -0.3 is 39.6 Å². The lowest BCUT2D eigenvalue weighted by Crippen LogP contribution is -2.60. The topological polar surface area (TPSA) is 138 Å². The van der Waals surface area contributed by atoms with Gasteiger partial charge in [-0.3, -0.25) is 9.59 Å². The first kappa shape index (κ1) is 22.4. The number of likely N-dealkylation sites (tertiary alicyclic amines) is 1. The van der Waals surface area contributed by atoms with Gasteiger partial charge in [-0.2, -0.15) is 0 Å². The molecule has 1 aromatic rings. The maximum atomic E-state index is 12.4. The van der Waals surface area contributed by atoms with Crippen molar-refractivity contribution in [2.75, 3.05) is 26.5 Å². The van der Waals surface area contributed by atoms with Crippen LogP contribution >= 0.6 is 0 Å². The summed E-state index contributed by atoms with van der Waals surface area (Å²) in [5.41, 5.74) is 1.54. The first-order chi connectivity index (χ1) is 14.4. The molecule has 1 aromatic carbocycles. The number of fused-ring (bicyclic) bond motifs is 1. The zero-order valence-corrected chi connectivity index (χ0v) is 16.9. The van der Waals surface area contributed by atoms with Crippen LogP contribution in [0.25, 0.3) is 0 Å². The lowest BCUT2D eigenvalue weighted by molar-refractivity contribution is -0.143. The highest BCUT2D eigenvalue weighted by molar-refractivity contribution is 6.44. The Morgan fingerprint density at radius 3 is 2.83 bits per heavy atom. The van der Waals surface area contributed by atoms with E-state index in [-0.39, 0.29) is 37.6 Å². The third-order valence-corrected chi connectivity index (χ3v) is 5.09. The van der Waals surface area contributed by atoms with Crippen LogP contribution in [0.15, 0.2) is 12.1 Å².